The van der Waals surface area contributed by atoms with E-state index in [1.807, 2.05) is 71.1 Å². The molecule has 0 saturated carbocycles. The molecule has 2 heterocycles. The molecule has 0 aliphatic rings. The number of aryl methyl sites for hydroxylation is 1. The van der Waals surface area contributed by atoms with E-state index >= 15 is 0 Å². The number of unbranched alkanes of at least 4 members (excludes halogenated alkanes) is 1. The number of hydrogen-bond donors (Lipinski definition) is 3. The monoisotopic (exact) mass is 508 g/mol. The Balaban J connectivity index is 1.67. The summed E-state index contributed by atoms with van der Waals surface area (Å²) in [6, 6.07) is 10.5. The second-order valence-electron chi connectivity index (χ2n) is 10.2. The van der Waals surface area contributed by atoms with Crippen molar-refractivity contribution in [2.45, 2.75) is 72.6 Å². The first-order valence-corrected chi connectivity index (χ1v) is 12.5. The number of carbonyl (C=O) groups is 3. The highest BCUT2D eigenvalue weighted by molar-refractivity contribution is 6.42. The van der Waals surface area contributed by atoms with Gasteiger partial charge in [-0.1, -0.05) is 70.4 Å². The van der Waals surface area contributed by atoms with E-state index in [1.165, 1.54) is 17.8 Å². The molecule has 0 aliphatic carbocycles. The standard InChI is InChI=1S/C27H36N6O4/c1-6-7-8-21(24(34)25(35)30-23-13-15-28-31-23)29-26(36)37-22(27(3,4)5)17-33-16-14-20(32-33)19-11-9-18(2)10-12-19/h9-16,21-22H,6-8,17H2,1-5H3,(H,29,36)(H2,28,30,31,35)/t21-,22+/m0/s1. The molecule has 0 spiro atoms. The molecular formula is C27H36N6O4. The number of ether oxygens (including phenoxy) is 1. The molecule has 0 saturated heterocycles. The number of rotatable bonds is 11. The number of benzene rings is 1. The van der Waals surface area contributed by atoms with Crippen molar-refractivity contribution in [3.05, 3.63) is 54.4 Å². The molecule has 1 aromatic carbocycles. The molecule has 10 nitrogen and oxygen atoms in total. The van der Waals surface area contributed by atoms with Crippen LogP contribution in [0.5, 0.6) is 0 Å². The zero-order valence-corrected chi connectivity index (χ0v) is 22.1. The first kappa shape index (κ1) is 27.6. The van der Waals surface area contributed by atoms with Gasteiger partial charge >= 0.3 is 6.09 Å². The van der Waals surface area contributed by atoms with E-state index in [9.17, 15) is 14.4 Å². The molecule has 198 valence electrons. The van der Waals surface area contributed by atoms with Crippen molar-refractivity contribution in [3.63, 3.8) is 0 Å². The van der Waals surface area contributed by atoms with E-state index < -0.39 is 35.3 Å². The number of Topliss-reactive ketones (excluding diaryl/α,β-unsaturated/α-hetero) is 1. The molecule has 3 rings (SSSR count). The normalized spacial score (nSPS) is 13.0. The van der Waals surface area contributed by atoms with Gasteiger partial charge in [0.25, 0.3) is 5.91 Å². The van der Waals surface area contributed by atoms with Crippen molar-refractivity contribution < 1.29 is 19.1 Å². The Morgan fingerprint density at radius 2 is 1.84 bits per heavy atom. The van der Waals surface area contributed by atoms with Gasteiger partial charge in [0.2, 0.25) is 5.78 Å². The molecule has 3 aromatic rings. The first-order chi connectivity index (χ1) is 17.6. The van der Waals surface area contributed by atoms with Crippen LogP contribution >= 0.6 is 0 Å². The topological polar surface area (TPSA) is 131 Å². The lowest BCUT2D eigenvalue weighted by Gasteiger charge is -2.30. The highest BCUT2D eigenvalue weighted by Crippen LogP contribution is 2.25. The number of nitrogens with zero attached hydrogens (tertiary/aromatic N) is 3. The molecule has 2 atom stereocenters. The van der Waals surface area contributed by atoms with Crippen LogP contribution in [-0.2, 0) is 20.9 Å². The molecule has 37 heavy (non-hydrogen) atoms. The quantitative estimate of drug-likeness (QED) is 0.327. The smallest absolute Gasteiger partial charge is 0.408 e. The fraction of sp³-hybridized carbons (Fsp3) is 0.444. The van der Waals surface area contributed by atoms with Gasteiger partial charge in [-0.15, -0.1) is 0 Å². The molecule has 0 bridgehead atoms. The minimum atomic E-state index is -1.01. The summed E-state index contributed by atoms with van der Waals surface area (Å²) < 4.78 is 7.53. The maximum atomic E-state index is 12.9. The third-order valence-electron chi connectivity index (χ3n) is 5.98. The SMILES string of the molecule is CCCC[C@H](NC(=O)O[C@H](Cn1ccc(-c2ccc(C)cc2)n1)C(C)(C)C)C(=O)C(=O)Nc1ccn[nH]1. The number of aromatic nitrogens is 4. The Morgan fingerprint density at radius 1 is 1.11 bits per heavy atom. The van der Waals surface area contributed by atoms with Crippen molar-refractivity contribution in [3.8, 4) is 11.3 Å². The minimum Gasteiger partial charge on any atom is -0.444 e. The van der Waals surface area contributed by atoms with E-state index in [0.717, 1.165) is 17.7 Å². The molecule has 2 aromatic heterocycles. The van der Waals surface area contributed by atoms with Crippen molar-refractivity contribution in [1.29, 1.82) is 0 Å². The number of nitrogens with one attached hydrogen (secondary N) is 3. The summed E-state index contributed by atoms with van der Waals surface area (Å²) in [7, 11) is 0. The Bertz CT molecular complexity index is 1180. The van der Waals surface area contributed by atoms with Crippen molar-refractivity contribution in [1.82, 2.24) is 25.3 Å². The van der Waals surface area contributed by atoms with Gasteiger partial charge in [-0.2, -0.15) is 10.2 Å². The number of aromatic amines is 1. The number of H-pyrrole nitrogens is 1. The number of carbonyl (C=O) groups excluding carboxylic acids is 3. The maximum absolute atomic E-state index is 12.9. The van der Waals surface area contributed by atoms with Crippen LogP contribution in [0.15, 0.2) is 48.8 Å². The van der Waals surface area contributed by atoms with E-state index in [4.69, 9.17) is 4.74 Å². The molecule has 0 aliphatic heterocycles. The molecule has 3 N–H and O–H groups in total. The summed E-state index contributed by atoms with van der Waals surface area (Å²) in [4.78, 5) is 38.2. The van der Waals surface area contributed by atoms with Crippen LogP contribution < -0.4 is 10.6 Å². The number of anilines is 1. The fourth-order valence-electron chi connectivity index (χ4n) is 3.65. The van der Waals surface area contributed by atoms with E-state index in [1.54, 1.807) is 4.68 Å². The van der Waals surface area contributed by atoms with Gasteiger partial charge < -0.3 is 15.4 Å². The predicted molar refractivity (Wildman–Crippen MR) is 141 cm³/mol. The zero-order valence-electron chi connectivity index (χ0n) is 22.1. The Kier molecular flexibility index (Phi) is 9.21. The third kappa shape index (κ3) is 8.03. The van der Waals surface area contributed by atoms with Gasteiger partial charge in [0, 0.05) is 23.2 Å². The average Bonchev–Trinajstić information content (AvgIpc) is 3.53. The van der Waals surface area contributed by atoms with Crippen LogP contribution in [0.3, 0.4) is 0 Å². The van der Waals surface area contributed by atoms with Gasteiger partial charge in [0.1, 0.15) is 18.0 Å². The van der Waals surface area contributed by atoms with Crippen LogP contribution in [0.4, 0.5) is 10.6 Å². The molecule has 0 unspecified atom stereocenters. The minimum absolute atomic E-state index is 0.298. The molecular weight excluding hydrogens is 472 g/mol. The van der Waals surface area contributed by atoms with Crippen molar-refractivity contribution >= 4 is 23.6 Å². The van der Waals surface area contributed by atoms with E-state index in [-0.39, 0.29) is 0 Å². The van der Waals surface area contributed by atoms with Gasteiger partial charge in [0.15, 0.2) is 0 Å². The zero-order chi connectivity index (χ0) is 27.0. The van der Waals surface area contributed by atoms with Crippen LogP contribution in [0.2, 0.25) is 0 Å². The number of hydrogen-bond acceptors (Lipinski definition) is 6. The van der Waals surface area contributed by atoms with Gasteiger partial charge in [-0.3, -0.25) is 19.4 Å². The molecule has 0 fully saturated rings. The summed E-state index contributed by atoms with van der Waals surface area (Å²) >= 11 is 0. The highest BCUT2D eigenvalue weighted by atomic mass is 16.6. The predicted octanol–water partition coefficient (Wildman–Crippen LogP) is 4.49. The van der Waals surface area contributed by atoms with Gasteiger partial charge in [-0.25, -0.2) is 4.79 Å². The van der Waals surface area contributed by atoms with E-state index in [2.05, 4.69) is 25.9 Å². The Hall–Kier alpha value is -3.95. The van der Waals surface area contributed by atoms with Crippen LogP contribution in [0.25, 0.3) is 11.3 Å². The second kappa shape index (κ2) is 12.3. The summed E-state index contributed by atoms with van der Waals surface area (Å²) in [5.74, 6) is -1.28. The summed E-state index contributed by atoms with van der Waals surface area (Å²) in [6.45, 7) is 10.2. The van der Waals surface area contributed by atoms with E-state index in [0.29, 0.717) is 25.2 Å². The second-order valence-corrected chi connectivity index (χ2v) is 10.2. The van der Waals surface area contributed by atoms with Gasteiger partial charge in [-0.05, 0) is 19.4 Å². The van der Waals surface area contributed by atoms with Crippen molar-refractivity contribution in [2.75, 3.05) is 5.32 Å². The van der Waals surface area contributed by atoms with Crippen LogP contribution in [0, 0.1) is 12.3 Å². The lowest BCUT2D eigenvalue weighted by molar-refractivity contribution is -0.136. The first-order valence-electron chi connectivity index (χ1n) is 12.5. The Labute approximate surface area is 217 Å². The lowest BCUT2D eigenvalue weighted by Crippen LogP contribution is -2.48. The summed E-state index contributed by atoms with van der Waals surface area (Å²) in [5, 5.41) is 16.0. The largest absolute Gasteiger partial charge is 0.444 e. The third-order valence-corrected chi connectivity index (χ3v) is 5.98. The van der Waals surface area contributed by atoms with Crippen molar-refractivity contribution in [2.24, 2.45) is 5.41 Å². The lowest BCUT2D eigenvalue weighted by atomic mass is 9.89. The Morgan fingerprint density at radius 3 is 2.46 bits per heavy atom. The number of alkyl carbamates (subject to hydrolysis) is 1. The maximum Gasteiger partial charge on any atom is 0.408 e. The molecule has 2 amide bonds. The average molecular weight is 509 g/mol. The molecule has 10 heteroatoms. The van der Waals surface area contributed by atoms with Gasteiger partial charge in [0.05, 0.1) is 18.4 Å². The number of amides is 2. The number of ketones is 1. The fourth-order valence-corrected chi connectivity index (χ4v) is 3.65. The molecule has 0 radical (unpaired) electrons. The highest BCUT2D eigenvalue weighted by Gasteiger charge is 2.32. The summed E-state index contributed by atoms with van der Waals surface area (Å²) in [6.07, 6.45) is 3.79. The van der Waals surface area contributed by atoms with Crippen LogP contribution in [-0.4, -0.2) is 49.9 Å². The summed E-state index contributed by atoms with van der Waals surface area (Å²) in [5.41, 5.74) is 2.59. The van der Waals surface area contributed by atoms with Crippen LogP contribution in [0.1, 0.15) is 52.5 Å².